The summed E-state index contributed by atoms with van der Waals surface area (Å²) in [6.07, 6.45) is 1.56. The van der Waals surface area contributed by atoms with Crippen LogP contribution >= 0.6 is 23.2 Å². The standard InChI is InChI=1S/C14H14Cl2O3/c1-7(17)3-4-8-5-9-6-10(19-2)12(15)13(16)11(9)14(8)18/h6,8H,3-5H2,1-2H3. The molecule has 1 aliphatic rings. The topological polar surface area (TPSA) is 43.4 Å². The highest BCUT2D eigenvalue weighted by atomic mass is 35.5. The van der Waals surface area contributed by atoms with Gasteiger partial charge in [-0.1, -0.05) is 23.2 Å². The lowest BCUT2D eigenvalue weighted by molar-refractivity contribution is -0.117. The Morgan fingerprint density at radius 2 is 2.11 bits per heavy atom. The number of carbonyl (C=O) groups excluding carboxylic acids is 2. The van der Waals surface area contributed by atoms with E-state index in [4.69, 9.17) is 27.9 Å². The number of rotatable bonds is 4. The van der Waals surface area contributed by atoms with Crippen molar-refractivity contribution in [3.63, 3.8) is 0 Å². The van der Waals surface area contributed by atoms with Gasteiger partial charge in [-0.3, -0.25) is 4.79 Å². The highest BCUT2D eigenvalue weighted by molar-refractivity contribution is 6.45. The van der Waals surface area contributed by atoms with E-state index in [1.54, 1.807) is 6.07 Å². The van der Waals surface area contributed by atoms with E-state index >= 15 is 0 Å². The summed E-state index contributed by atoms with van der Waals surface area (Å²) < 4.78 is 5.14. The zero-order chi connectivity index (χ0) is 14.2. The molecule has 0 saturated heterocycles. The molecule has 0 aromatic heterocycles. The summed E-state index contributed by atoms with van der Waals surface area (Å²) in [6.45, 7) is 1.53. The molecular formula is C14H14Cl2O3. The summed E-state index contributed by atoms with van der Waals surface area (Å²) in [6, 6.07) is 1.76. The molecule has 0 fully saturated rings. The highest BCUT2D eigenvalue weighted by Crippen LogP contribution is 2.42. The summed E-state index contributed by atoms with van der Waals surface area (Å²) in [5.74, 6) is 0.362. The largest absolute Gasteiger partial charge is 0.495 e. The number of Topliss-reactive ketones (excluding diaryl/α,β-unsaturated/α-hetero) is 2. The van der Waals surface area contributed by atoms with E-state index in [1.165, 1.54) is 14.0 Å². The lowest BCUT2D eigenvalue weighted by atomic mass is 9.98. The van der Waals surface area contributed by atoms with Gasteiger partial charge >= 0.3 is 0 Å². The van der Waals surface area contributed by atoms with Gasteiger partial charge in [0, 0.05) is 17.9 Å². The smallest absolute Gasteiger partial charge is 0.168 e. The Bertz CT molecular complexity index is 552. The van der Waals surface area contributed by atoms with Crippen molar-refractivity contribution in [2.24, 2.45) is 5.92 Å². The van der Waals surface area contributed by atoms with Gasteiger partial charge in [0.2, 0.25) is 0 Å². The molecule has 1 aromatic carbocycles. The van der Waals surface area contributed by atoms with E-state index in [1.807, 2.05) is 0 Å². The number of fused-ring (bicyclic) bond motifs is 1. The minimum atomic E-state index is -0.181. The minimum absolute atomic E-state index is 0.0224. The Morgan fingerprint density at radius 1 is 1.42 bits per heavy atom. The molecule has 0 spiro atoms. The predicted octanol–water partition coefficient (Wildman–Crippen LogP) is 3.73. The summed E-state index contributed by atoms with van der Waals surface area (Å²) >= 11 is 12.2. The van der Waals surface area contributed by atoms with Crippen LogP contribution in [0.4, 0.5) is 0 Å². The molecule has 1 atom stereocenters. The lowest BCUT2D eigenvalue weighted by Crippen LogP contribution is -2.10. The highest BCUT2D eigenvalue weighted by Gasteiger charge is 2.34. The Balaban J connectivity index is 2.33. The number of hydrogen-bond acceptors (Lipinski definition) is 3. The van der Waals surface area contributed by atoms with Gasteiger partial charge < -0.3 is 9.53 Å². The third kappa shape index (κ3) is 2.63. The van der Waals surface area contributed by atoms with Gasteiger partial charge in [0.25, 0.3) is 0 Å². The van der Waals surface area contributed by atoms with Crippen molar-refractivity contribution in [3.05, 3.63) is 27.2 Å². The normalized spacial score (nSPS) is 17.5. The van der Waals surface area contributed by atoms with Gasteiger partial charge in [-0.25, -0.2) is 0 Å². The van der Waals surface area contributed by atoms with Crippen LogP contribution in [0.1, 0.15) is 35.7 Å². The number of halogens is 2. The Kier molecular flexibility index (Phi) is 4.16. The molecule has 102 valence electrons. The van der Waals surface area contributed by atoms with Gasteiger partial charge in [0.15, 0.2) is 5.78 Å². The summed E-state index contributed by atoms with van der Waals surface area (Å²) in [5.41, 5.74) is 1.34. The van der Waals surface area contributed by atoms with Crippen molar-refractivity contribution in [1.82, 2.24) is 0 Å². The van der Waals surface area contributed by atoms with Crippen molar-refractivity contribution < 1.29 is 14.3 Å². The maximum atomic E-state index is 12.3. The third-order valence-electron chi connectivity index (χ3n) is 3.40. The second-order valence-electron chi connectivity index (χ2n) is 4.75. The summed E-state index contributed by atoms with van der Waals surface area (Å²) in [7, 11) is 1.51. The lowest BCUT2D eigenvalue weighted by Gasteiger charge is -2.08. The average Bonchev–Trinajstić information content (AvgIpc) is 2.68. The number of carbonyl (C=O) groups is 2. The molecule has 1 aromatic rings. The number of ketones is 2. The average molecular weight is 301 g/mol. The molecule has 1 unspecified atom stereocenters. The molecule has 0 heterocycles. The second kappa shape index (κ2) is 5.51. The molecule has 19 heavy (non-hydrogen) atoms. The molecular weight excluding hydrogens is 287 g/mol. The summed E-state index contributed by atoms with van der Waals surface area (Å²) in [5, 5.41) is 0.523. The number of methoxy groups -OCH3 is 1. The minimum Gasteiger partial charge on any atom is -0.495 e. The van der Waals surface area contributed by atoms with Gasteiger partial charge in [0.1, 0.15) is 16.6 Å². The fourth-order valence-corrected chi connectivity index (χ4v) is 2.94. The van der Waals surface area contributed by atoms with Crippen LogP contribution in [0.5, 0.6) is 5.75 Å². The zero-order valence-electron chi connectivity index (χ0n) is 10.8. The molecule has 1 aliphatic carbocycles. The van der Waals surface area contributed by atoms with Crippen LogP contribution in [-0.2, 0) is 11.2 Å². The fraction of sp³-hybridized carbons (Fsp3) is 0.429. The van der Waals surface area contributed by atoms with Crippen LogP contribution in [0.3, 0.4) is 0 Å². The van der Waals surface area contributed by atoms with E-state index in [0.717, 1.165) is 5.56 Å². The first-order valence-electron chi connectivity index (χ1n) is 6.04. The quantitative estimate of drug-likeness (QED) is 0.851. The molecule has 0 N–H and O–H groups in total. The van der Waals surface area contributed by atoms with Gasteiger partial charge in [-0.05, 0) is 31.4 Å². The molecule has 0 aliphatic heterocycles. The molecule has 0 amide bonds. The Hall–Kier alpha value is -1.06. The first-order valence-corrected chi connectivity index (χ1v) is 6.79. The maximum absolute atomic E-state index is 12.3. The third-order valence-corrected chi connectivity index (χ3v) is 4.25. The van der Waals surface area contributed by atoms with Crippen LogP contribution in [0.25, 0.3) is 0 Å². The Labute approximate surface area is 121 Å². The zero-order valence-corrected chi connectivity index (χ0v) is 12.3. The van der Waals surface area contributed by atoms with Crippen molar-refractivity contribution in [1.29, 1.82) is 0 Å². The molecule has 5 heteroatoms. The van der Waals surface area contributed by atoms with Crippen LogP contribution < -0.4 is 4.74 Å². The molecule has 0 saturated carbocycles. The molecule has 2 rings (SSSR count). The van der Waals surface area contributed by atoms with Crippen LogP contribution in [-0.4, -0.2) is 18.7 Å². The van der Waals surface area contributed by atoms with E-state index in [2.05, 4.69) is 0 Å². The first-order chi connectivity index (χ1) is 8.95. The predicted molar refractivity (Wildman–Crippen MR) is 74.5 cm³/mol. The van der Waals surface area contributed by atoms with E-state index in [-0.39, 0.29) is 27.5 Å². The number of benzene rings is 1. The second-order valence-corrected chi connectivity index (χ2v) is 5.50. The maximum Gasteiger partial charge on any atom is 0.168 e. The van der Waals surface area contributed by atoms with Crippen molar-refractivity contribution in [3.8, 4) is 5.75 Å². The van der Waals surface area contributed by atoms with E-state index in [0.29, 0.717) is 30.6 Å². The van der Waals surface area contributed by atoms with Gasteiger partial charge in [-0.2, -0.15) is 0 Å². The molecule has 0 radical (unpaired) electrons. The van der Waals surface area contributed by atoms with Crippen molar-refractivity contribution >= 4 is 34.8 Å². The first kappa shape index (κ1) is 14.4. The van der Waals surface area contributed by atoms with Crippen LogP contribution in [0.15, 0.2) is 6.07 Å². The van der Waals surface area contributed by atoms with E-state index < -0.39 is 0 Å². The number of ether oxygens (including phenoxy) is 1. The molecule has 0 bridgehead atoms. The van der Waals surface area contributed by atoms with Crippen LogP contribution in [0.2, 0.25) is 10.0 Å². The van der Waals surface area contributed by atoms with Crippen LogP contribution in [0, 0.1) is 5.92 Å². The summed E-state index contributed by atoms with van der Waals surface area (Å²) in [4.78, 5) is 23.3. The van der Waals surface area contributed by atoms with E-state index in [9.17, 15) is 9.59 Å². The number of hydrogen-bond donors (Lipinski definition) is 0. The van der Waals surface area contributed by atoms with Gasteiger partial charge in [0.05, 0.1) is 12.1 Å². The Morgan fingerprint density at radius 3 is 2.68 bits per heavy atom. The SMILES string of the molecule is COc1cc2c(c(Cl)c1Cl)C(=O)C(CCC(C)=O)C2. The molecule has 3 nitrogen and oxygen atoms in total. The monoisotopic (exact) mass is 300 g/mol. The van der Waals surface area contributed by atoms with Crippen molar-refractivity contribution in [2.45, 2.75) is 26.2 Å². The van der Waals surface area contributed by atoms with Gasteiger partial charge in [-0.15, -0.1) is 0 Å². The fourth-order valence-electron chi connectivity index (χ4n) is 2.40. The van der Waals surface area contributed by atoms with Crippen molar-refractivity contribution in [2.75, 3.05) is 7.11 Å².